The number of amides is 1. The van der Waals surface area contributed by atoms with Crippen LogP contribution in [0.2, 0.25) is 0 Å². The van der Waals surface area contributed by atoms with Crippen LogP contribution in [0.1, 0.15) is 36.0 Å². The van der Waals surface area contributed by atoms with E-state index >= 15 is 0 Å². The second-order valence-electron chi connectivity index (χ2n) is 5.35. The molecule has 1 amide bonds. The van der Waals surface area contributed by atoms with Crippen LogP contribution in [0.5, 0.6) is 0 Å². The molecule has 5 heteroatoms. The lowest BCUT2D eigenvalue weighted by Gasteiger charge is -2.37. The molecule has 1 aromatic carbocycles. The van der Waals surface area contributed by atoms with Gasteiger partial charge in [0.15, 0.2) is 0 Å². The zero-order chi connectivity index (χ0) is 13.6. The second kappa shape index (κ2) is 4.56. The summed E-state index contributed by atoms with van der Waals surface area (Å²) < 4.78 is 26.8. The van der Waals surface area contributed by atoms with Crippen LogP contribution in [0.25, 0.3) is 0 Å². The lowest BCUT2D eigenvalue weighted by atomic mass is 9.98. The number of nitrogens with zero attached hydrogens (tertiary/aromatic N) is 1. The minimum Gasteiger partial charge on any atom is -0.393 e. The molecule has 0 saturated carbocycles. The maximum atomic E-state index is 13.7. The standard InChI is InChI=1S/C14H15F2NO2/c15-8-1-4-13(16)12(5-8)14(19)17-9-2-3-10(17)7-11(18)6-9/h1,4-5,9-11,18H,2-3,6-7H2. The van der Waals surface area contributed by atoms with Crippen molar-refractivity contribution in [2.75, 3.05) is 0 Å². The molecule has 2 aliphatic heterocycles. The van der Waals surface area contributed by atoms with E-state index < -0.39 is 17.5 Å². The summed E-state index contributed by atoms with van der Waals surface area (Å²) in [5.41, 5.74) is -0.215. The van der Waals surface area contributed by atoms with Crippen molar-refractivity contribution in [3.63, 3.8) is 0 Å². The Hall–Kier alpha value is -1.49. The van der Waals surface area contributed by atoms with Crippen LogP contribution >= 0.6 is 0 Å². The summed E-state index contributed by atoms with van der Waals surface area (Å²) in [5, 5.41) is 9.69. The molecule has 0 spiro atoms. The van der Waals surface area contributed by atoms with Gasteiger partial charge >= 0.3 is 0 Å². The SMILES string of the molecule is O=C(c1cc(F)ccc1F)N1C2CCC1CC(O)C2. The highest BCUT2D eigenvalue weighted by Crippen LogP contribution is 2.37. The van der Waals surface area contributed by atoms with Gasteiger partial charge in [-0.05, 0) is 43.9 Å². The third kappa shape index (κ3) is 2.12. The van der Waals surface area contributed by atoms with Crippen molar-refractivity contribution in [1.82, 2.24) is 4.90 Å². The molecular formula is C14H15F2NO2. The van der Waals surface area contributed by atoms with Crippen LogP contribution in [0.3, 0.4) is 0 Å². The van der Waals surface area contributed by atoms with E-state index in [2.05, 4.69) is 0 Å². The predicted octanol–water partition coefficient (Wildman–Crippen LogP) is 2.09. The minimum atomic E-state index is -0.697. The number of piperidine rings is 1. The zero-order valence-corrected chi connectivity index (χ0v) is 10.4. The molecule has 0 aliphatic carbocycles. The Morgan fingerprint density at radius 2 is 1.84 bits per heavy atom. The maximum Gasteiger partial charge on any atom is 0.257 e. The van der Waals surface area contributed by atoms with Crippen LogP contribution < -0.4 is 0 Å². The number of fused-ring (bicyclic) bond motifs is 2. The van der Waals surface area contributed by atoms with Gasteiger partial charge in [0.05, 0.1) is 11.7 Å². The largest absolute Gasteiger partial charge is 0.393 e. The molecule has 0 aromatic heterocycles. The van der Waals surface area contributed by atoms with Gasteiger partial charge in [-0.1, -0.05) is 0 Å². The van der Waals surface area contributed by atoms with Crippen molar-refractivity contribution >= 4 is 5.91 Å². The zero-order valence-electron chi connectivity index (χ0n) is 10.4. The second-order valence-corrected chi connectivity index (χ2v) is 5.35. The average Bonchev–Trinajstić information content (AvgIpc) is 2.64. The molecule has 102 valence electrons. The molecule has 0 radical (unpaired) electrons. The quantitative estimate of drug-likeness (QED) is 0.846. The van der Waals surface area contributed by atoms with Crippen molar-refractivity contribution in [2.45, 2.75) is 43.9 Å². The fraction of sp³-hybridized carbons (Fsp3) is 0.500. The first-order valence-corrected chi connectivity index (χ1v) is 6.52. The Kier molecular flexibility index (Phi) is 3.01. The van der Waals surface area contributed by atoms with E-state index in [0.29, 0.717) is 12.8 Å². The lowest BCUT2D eigenvalue weighted by molar-refractivity contribution is 0.0283. The molecule has 2 saturated heterocycles. The van der Waals surface area contributed by atoms with Gasteiger partial charge in [-0.25, -0.2) is 8.78 Å². The van der Waals surface area contributed by atoms with Crippen LogP contribution in [-0.2, 0) is 0 Å². The summed E-state index contributed by atoms with van der Waals surface area (Å²) in [7, 11) is 0. The first kappa shape index (κ1) is 12.5. The van der Waals surface area contributed by atoms with E-state index in [4.69, 9.17) is 0 Å². The highest BCUT2D eigenvalue weighted by Gasteiger charge is 2.43. The van der Waals surface area contributed by atoms with Crippen molar-refractivity contribution in [1.29, 1.82) is 0 Å². The topological polar surface area (TPSA) is 40.5 Å². The number of carbonyl (C=O) groups excluding carboxylic acids is 1. The summed E-state index contributed by atoms with van der Waals surface area (Å²) in [6.45, 7) is 0. The van der Waals surface area contributed by atoms with Crippen LogP contribution in [0, 0.1) is 11.6 Å². The molecule has 3 rings (SSSR count). The first-order chi connectivity index (χ1) is 9.06. The van der Waals surface area contributed by atoms with Gasteiger partial charge in [0.25, 0.3) is 5.91 Å². The predicted molar refractivity (Wildman–Crippen MR) is 64.6 cm³/mol. The fourth-order valence-corrected chi connectivity index (χ4v) is 3.28. The van der Waals surface area contributed by atoms with Crippen LogP contribution in [0.15, 0.2) is 18.2 Å². The third-order valence-electron chi connectivity index (χ3n) is 4.10. The number of aliphatic hydroxyl groups is 1. The number of rotatable bonds is 1. The number of benzene rings is 1. The van der Waals surface area contributed by atoms with E-state index in [0.717, 1.165) is 31.0 Å². The third-order valence-corrected chi connectivity index (χ3v) is 4.10. The maximum absolute atomic E-state index is 13.7. The summed E-state index contributed by atoms with van der Waals surface area (Å²) in [5.74, 6) is -1.78. The average molecular weight is 267 g/mol. The van der Waals surface area contributed by atoms with Crippen molar-refractivity contribution in [3.05, 3.63) is 35.4 Å². The lowest BCUT2D eigenvalue weighted by Crippen LogP contribution is -2.48. The van der Waals surface area contributed by atoms with Gasteiger partial charge in [-0.15, -0.1) is 0 Å². The normalized spacial score (nSPS) is 29.6. The molecule has 2 fully saturated rings. The van der Waals surface area contributed by atoms with Crippen LogP contribution in [0.4, 0.5) is 8.78 Å². The van der Waals surface area contributed by atoms with Crippen LogP contribution in [-0.4, -0.2) is 34.1 Å². The van der Waals surface area contributed by atoms with Gasteiger partial charge < -0.3 is 10.0 Å². The highest BCUT2D eigenvalue weighted by atomic mass is 19.1. The van der Waals surface area contributed by atoms with E-state index in [1.165, 1.54) is 0 Å². The molecule has 19 heavy (non-hydrogen) atoms. The van der Waals surface area contributed by atoms with Gasteiger partial charge in [0.2, 0.25) is 0 Å². The van der Waals surface area contributed by atoms with E-state index in [9.17, 15) is 18.7 Å². The first-order valence-electron chi connectivity index (χ1n) is 6.52. The fourth-order valence-electron chi connectivity index (χ4n) is 3.28. The number of halogens is 2. The molecular weight excluding hydrogens is 252 g/mol. The Labute approximate surface area is 109 Å². The van der Waals surface area contributed by atoms with Crippen molar-refractivity contribution < 1.29 is 18.7 Å². The Morgan fingerprint density at radius 1 is 1.21 bits per heavy atom. The van der Waals surface area contributed by atoms with Crippen molar-refractivity contribution in [2.24, 2.45) is 0 Å². The van der Waals surface area contributed by atoms with Gasteiger partial charge in [-0.3, -0.25) is 4.79 Å². The molecule has 1 aromatic rings. The molecule has 2 heterocycles. The smallest absolute Gasteiger partial charge is 0.257 e. The molecule has 3 nitrogen and oxygen atoms in total. The number of carbonyl (C=O) groups is 1. The van der Waals surface area contributed by atoms with Gasteiger partial charge in [-0.2, -0.15) is 0 Å². The highest BCUT2D eigenvalue weighted by molar-refractivity contribution is 5.95. The van der Waals surface area contributed by atoms with Crippen molar-refractivity contribution in [3.8, 4) is 0 Å². The number of hydrogen-bond acceptors (Lipinski definition) is 2. The van der Waals surface area contributed by atoms with Gasteiger partial charge in [0, 0.05) is 12.1 Å². The summed E-state index contributed by atoms with van der Waals surface area (Å²) in [6.07, 6.45) is 2.31. The molecule has 2 atom stereocenters. The van der Waals surface area contributed by atoms with E-state index in [1.807, 2.05) is 0 Å². The molecule has 1 N–H and O–H groups in total. The monoisotopic (exact) mass is 267 g/mol. The molecule has 2 unspecified atom stereocenters. The Balaban J connectivity index is 1.90. The molecule has 2 aliphatic rings. The summed E-state index contributed by atoms with van der Waals surface area (Å²) >= 11 is 0. The Morgan fingerprint density at radius 3 is 2.47 bits per heavy atom. The van der Waals surface area contributed by atoms with E-state index in [1.54, 1.807) is 4.90 Å². The van der Waals surface area contributed by atoms with E-state index in [-0.39, 0.29) is 23.8 Å². The number of aliphatic hydroxyl groups excluding tert-OH is 1. The summed E-state index contributed by atoms with van der Waals surface area (Å²) in [4.78, 5) is 14.0. The van der Waals surface area contributed by atoms with Gasteiger partial charge in [0.1, 0.15) is 11.6 Å². The minimum absolute atomic E-state index is 0.0519. The Bertz CT molecular complexity index is 506. The number of hydrogen-bond donors (Lipinski definition) is 1. The summed E-state index contributed by atoms with van der Waals surface area (Å²) in [6, 6.07) is 2.82. The molecule has 2 bridgehead atoms.